The monoisotopic (exact) mass is 483 g/mol. The average Bonchev–Trinajstić information content (AvgIpc) is 2.72. The van der Waals surface area contributed by atoms with Gasteiger partial charge >= 0.3 is 0 Å². The molecule has 3 rings (SSSR count). The Labute approximate surface area is 178 Å². The van der Waals surface area contributed by atoms with Crippen LogP contribution in [0.25, 0.3) is 0 Å². The summed E-state index contributed by atoms with van der Waals surface area (Å²) in [7, 11) is -3.38. The van der Waals surface area contributed by atoms with Crippen LogP contribution in [0.1, 0.15) is 16.8 Å². The lowest BCUT2D eigenvalue weighted by molar-refractivity contribution is 0.0953. The first-order chi connectivity index (χ1) is 13.8. The van der Waals surface area contributed by atoms with Gasteiger partial charge in [-0.1, -0.05) is 22.0 Å². The van der Waals surface area contributed by atoms with E-state index in [2.05, 4.69) is 21.2 Å². The van der Waals surface area contributed by atoms with Crippen molar-refractivity contribution in [2.24, 2.45) is 0 Å². The van der Waals surface area contributed by atoms with E-state index in [1.165, 1.54) is 16.4 Å². The van der Waals surface area contributed by atoms with E-state index in [4.69, 9.17) is 0 Å². The minimum atomic E-state index is -3.38. The second kappa shape index (κ2) is 9.69. The number of carbonyl (C=O) groups is 1. The van der Waals surface area contributed by atoms with Crippen LogP contribution in [0.3, 0.4) is 0 Å². The first-order valence-electron chi connectivity index (χ1n) is 9.37. The number of piperazine rings is 1. The number of nitrogens with zero attached hydrogens (tertiary/aromatic N) is 2. The van der Waals surface area contributed by atoms with Crippen LogP contribution in [0, 0.1) is 5.82 Å². The maximum absolute atomic E-state index is 13.0. The number of benzene rings is 2. The molecule has 1 aliphatic heterocycles. The highest BCUT2D eigenvalue weighted by Gasteiger charge is 2.26. The van der Waals surface area contributed by atoms with Crippen LogP contribution in [-0.4, -0.2) is 57.1 Å². The molecule has 9 heteroatoms. The van der Waals surface area contributed by atoms with Crippen LogP contribution in [0.4, 0.5) is 10.1 Å². The van der Waals surface area contributed by atoms with Crippen molar-refractivity contribution in [1.29, 1.82) is 0 Å². The molecule has 1 saturated heterocycles. The number of carbonyl (C=O) groups excluding carboxylic acids is 1. The predicted octanol–water partition coefficient (Wildman–Crippen LogP) is 2.86. The number of rotatable bonds is 7. The first-order valence-corrected chi connectivity index (χ1v) is 11.8. The van der Waals surface area contributed by atoms with E-state index in [9.17, 15) is 17.6 Å². The molecule has 0 spiro atoms. The Morgan fingerprint density at radius 2 is 1.76 bits per heavy atom. The Hall–Kier alpha value is -1.97. The summed E-state index contributed by atoms with van der Waals surface area (Å²) < 4.78 is 40.5. The molecule has 0 aliphatic carbocycles. The number of sulfonamides is 1. The average molecular weight is 484 g/mol. The number of hydrogen-bond acceptors (Lipinski definition) is 4. The summed E-state index contributed by atoms with van der Waals surface area (Å²) in [5.74, 6) is -0.527. The molecule has 156 valence electrons. The molecule has 0 bridgehead atoms. The Kier molecular flexibility index (Phi) is 7.26. The van der Waals surface area contributed by atoms with Crippen LogP contribution in [0.5, 0.6) is 0 Å². The van der Waals surface area contributed by atoms with Crippen LogP contribution in [0.2, 0.25) is 0 Å². The van der Waals surface area contributed by atoms with E-state index in [0.29, 0.717) is 44.7 Å². The van der Waals surface area contributed by atoms with Crippen LogP contribution < -0.4 is 10.2 Å². The van der Waals surface area contributed by atoms with Crippen molar-refractivity contribution in [3.63, 3.8) is 0 Å². The van der Waals surface area contributed by atoms with Gasteiger partial charge in [0.15, 0.2) is 0 Å². The van der Waals surface area contributed by atoms with Crippen molar-refractivity contribution in [2.45, 2.75) is 6.42 Å². The lowest BCUT2D eigenvalue weighted by Crippen LogP contribution is -2.49. The highest BCUT2D eigenvalue weighted by Crippen LogP contribution is 2.18. The molecule has 1 fully saturated rings. The molecule has 29 heavy (non-hydrogen) atoms. The SMILES string of the molecule is O=C(NCCCS(=O)(=O)N1CCN(c2ccc(F)cc2)CC1)c1cccc(Br)c1. The topological polar surface area (TPSA) is 69.7 Å². The van der Waals surface area contributed by atoms with Gasteiger partial charge in [-0.15, -0.1) is 0 Å². The third-order valence-corrected chi connectivity index (χ3v) is 7.23. The molecule has 0 saturated carbocycles. The molecule has 1 N–H and O–H groups in total. The zero-order valence-corrected chi connectivity index (χ0v) is 18.3. The smallest absolute Gasteiger partial charge is 0.251 e. The van der Waals surface area contributed by atoms with Crippen molar-refractivity contribution < 1.29 is 17.6 Å². The summed E-state index contributed by atoms with van der Waals surface area (Å²) in [4.78, 5) is 14.1. The zero-order valence-electron chi connectivity index (χ0n) is 15.9. The van der Waals surface area contributed by atoms with Crippen LogP contribution in [0.15, 0.2) is 53.0 Å². The largest absolute Gasteiger partial charge is 0.369 e. The summed E-state index contributed by atoms with van der Waals surface area (Å²) in [5.41, 5.74) is 1.41. The Bertz CT molecular complexity index is 946. The highest BCUT2D eigenvalue weighted by atomic mass is 79.9. The first kappa shape index (κ1) is 21.7. The van der Waals surface area contributed by atoms with Crippen LogP contribution in [-0.2, 0) is 10.0 Å². The van der Waals surface area contributed by atoms with E-state index < -0.39 is 10.0 Å². The van der Waals surface area contributed by atoms with Gasteiger partial charge in [0, 0.05) is 48.4 Å². The molecule has 0 aromatic heterocycles. The molecule has 0 radical (unpaired) electrons. The fourth-order valence-corrected chi connectivity index (χ4v) is 5.08. The molecule has 2 aromatic rings. The Morgan fingerprint density at radius 3 is 2.41 bits per heavy atom. The van der Waals surface area contributed by atoms with Gasteiger partial charge in [-0.2, -0.15) is 4.31 Å². The van der Waals surface area contributed by atoms with Gasteiger partial charge in [-0.3, -0.25) is 4.79 Å². The zero-order chi connectivity index (χ0) is 20.9. The number of anilines is 1. The minimum absolute atomic E-state index is 0.0116. The third-order valence-electron chi connectivity index (χ3n) is 4.78. The van der Waals surface area contributed by atoms with Crippen LogP contribution >= 0.6 is 15.9 Å². The van der Waals surface area contributed by atoms with Gasteiger partial charge in [0.05, 0.1) is 5.75 Å². The normalized spacial score (nSPS) is 15.3. The van der Waals surface area contributed by atoms with Gasteiger partial charge in [-0.05, 0) is 48.9 Å². The number of nitrogens with one attached hydrogen (secondary N) is 1. The number of halogens is 2. The Balaban J connectivity index is 1.43. The van der Waals surface area contributed by atoms with Gasteiger partial charge in [0.2, 0.25) is 10.0 Å². The van der Waals surface area contributed by atoms with E-state index in [1.807, 2.05) is 11.0 Å². The molecule has 2 aromatic carbocycles. The molecule has 0 atom stereocenters. The lowest BCUT2D eigenvalue weighted by atomic mass is 10.2. The maximum Gasteiger partial charge on any atom is 0.251 e. The van der Waals surface area contributed by atoms with E-state index in [1.54, 1.807) is 30.3 Å². The van der Waals surface area contributed by atoms with Crippen molar-refractivity contribution >= 4 is 37.5 Å². The fourth-order valence-electron chi connectivity index (χ4n) is 3.19. The number of amides is 1. The van der Waals surface area contributed by atoms with Crippen molar-refractivity contribution in [2.75, 3.05) is 43.4 Å². The van der Waals surface area contributed by atoms with Crippen molar-refractivity contribution in [3.05, 3.63) is 64.4 Å². The second-order valence-corrected chi connectivity index (χ2v) is 9.80. The van der Waals surface area contributed by atoms with Gasteiger partial charge in [-0.25, -0.2) is 12.8 Å². The fraction of sp³-hybridized carbons (Fsp3) is 0.350. The summed E-state index contributed by atoms with van der Waals surface area (Å²) in [6.45, 7) is 2.20. The van der Waals surface area contributed by atoms with E-state index in [-0.39, 0.29) is 17.5 Å². The summed E-state index contributed by atoms with van der Waals surface area (Å²) in [6, 6.07) is 13.2. The van der Waals surface area contributed by atoms with E-state index in [0.717, 1.165) is 10.2 Å². The lowest BCUT2D eigenvalue weighted by Gasteiger charge is -2.35. The quantitative estimate of drug-likeness (QED) is 0.614. The molecular weight excluding hydrogens is 461 g/mol. The molecular formula is C20H23BrFN3O3S. The predicted molar refractivity (Wildman–Crippen MR) is 115 cm³/mol. The van der Waals surface area contributed by atoms with Gasteiger partial charge in [0.1, 0.15) is 5.82 Å². The van der Waals surface area contributed by atoms with Gasteiger partial charge < -0.3 is 10.2 Å². The van der Waals surface area contributed by atoms with Crippen molar-refractivity contribution in [1.82, 2.24) is 9.62 Å². The summed E-state index contributed by atoms with van der Waals surface area (Å²) >= 11 is 3.32. The Morgan fingerprint density at radius 1 is 1.07 bits per heavy atom. The third kappa shape index (κ3) is 6.01. The molecule has 0 unspecified atom stereocenters. The minimum Gasteiger partial charge on any atom is -0.369 e. The molecule has 1 aliphatic rings. The van der Waals surface area contributed by atoms with Gasteiger partial charge in [0.25, 0.3) is 5.91 Å². The van der Waals surface area contributed by atoms with Crippen molar-refractivity contribution in [3.8, 4) is 0 Å². The molecule has 6 nitrogen and oxygen atoms in total. The maximum atomic E-state index is 13.0. The highest BCUT2D eigenvalue weighted by molar-refractivity contribution is 9.10. The summed E-state index contributed by atoms with van der Waals surface area (Å²) in [5, 5.41) is 2.75. The molecule has 1 heterocycles. The number of hydrogen-bond donors (Lipinski definition) is 1. The standard InChI is InChI=1S/C20H23BrFN3O3S/c21-17-4-1-3-16(15-17)20(26)23-9-2-14-29(27,28)25-12-10-24(11-13-25)19-7-5-18(22)6-8-19/h1,3-8,15H,2,9-14H2,(H,23,26). The molecule has 1 amide bonds. The second-order valence-electron chi connectivity index (χ2n) is 6.80. The van der Waals surface area contributed by atoms with E-state index >= 15 is 0 Å². The summed E-state index contributed by atoms with van der Waals surface area (Å²) in [6.07, 6.45) is 0.347.